The molecule has 62 valence electrons. The molecule has 1 aliphatic heterocycles. The molecule has 0 radical (unpaired) electrons. The minimum absolute atomic E-state index is 0.298. The van der Waals surface area contributed by atoms with E-state index in [0.29, 0.717) is 11.3 Å². The Labute approximate surface area is 65.7 Å². The summed E-state index contributed by atoms with van der Waals surface area (Å²) < 4.78 is 4.91. The van der Waals surface area contributed by atoms with E-state index in [4.69, 9.17) is 9.84 Å². The molecular weight excluding hydrogens is 144 g/mol. The van der Waals surface area contributed by atoms with Crippen LogP contribution in [0.15, 0.2) is 11.3 Å². The molecule has 0 aromatic carbocycles. The maximum atomic E-state index is 11.0. The number of ketones is 1. The first kappa shape index (κ1) is 8.27. The summed E-state index contributed by atoms with van der Waals surface area (Å²) in [6.07, 6.45) is 0.415. The van der Waals surface area contributed by atoms with Crippen LogP contribution in [0.2, 0.25) is 0 Å². The summed E-state index contributed by atoms with van der Waals surface area (Å²) in [5, 5.41) is 8.95. The van der Waals surface area contributed by atoms with Gasteiger partial charge >= 0.3 is 0 Å². The van der Waals surface area contributed by atoms with Crippen molar-refractivity contribution in [3.8, 4) is 0 Å². The Morgan fingerprint density at radius 2 is 2.27 bits per heavy atom. The summed E-state index contributed by atoms with van der Waals surface area (Å²) in [5.41, 5.74) is 0.569. The minimum Gasteiger partial charge on any atom is -0.461 e. The number of carbonyl (C=O) groups is 1. The second-order valence-corrected chi connectivity index (χ2v) is 2.63. The Balaban J connectivity index is 2.72. The van der Waals surface area contributed by atoms with Crippen molar-refractivity contribution in [1.29, 1.82) is 0 Å². The van der Waals surface area contributed by atoms with Crippen LogP contribution in [-0.2, 0) is 9.53 Å². The third-order valence-electron chi connectivity index (χ3n) is 1.74. The molecule has 1 N–H and O–H groups in total. The van der Waals surface area contributed by atoms with Crippen molar-refractivity contribution in [2.75, 3.05) is 0 Å². The fourth-order valence-electron chi connectivity index (χ4n) is 1.07. The number of ether oxygens (including phenoxy) is 1. The fourth-order valence-corrected chi connectivity index (χ4v) is 1.07. The van der Waals surface area contributed by atoms with Crippen molar-refractivity contribution < 1.29 is 14.6 Å². The van der Waals surface area contributed by atoms with E-state index >= 15 is 0 Å². The lowest BCUT2D eigenvalue weighted by Crippen LogP contribution is -2.15. The zero-order chi connectivity index (χ0) is 8.43. The van der Waals surface area contributed by atoms with Crippen LogP contribution in [0.25, 0.3) is 0 Å². The van der Waals surface area contributed by atoms with E-state index in [9.17, 15) is 4.79 Å². The second kappa shape index (κ2) is 3.05. The van der Waals surface area contributed by atoms with E-state index in [1.54, 1.807) is 6.92 Å². The lowest BCUT2D eigenvalue weighted by atomic mass is 10.1. The maximum absolute atomic E-state index is 11.0. The van der Waals surface area contributed by atoms with E-state index in [1.165, 1.54) is 0 Å². The van der Waals surface area contributed by atoms with Crippen molar-refractivity contribution in [3.05, 3.63) is 11.3 Å². The largest absolute Gasteiger partial charge is 0.461 e. The van der Waals surface area contributed by atoms with Crippen LogP contribution < -0.4 is 0 Å². The number of aliphatic hydroxyl groups excluding tert-OH is 1. The van der Waals surface area contributed by atoms with E-state index in [2.05, 4.69) is 0 Å². The number of rotatable bonds is 2. The van der Waals surface area contributed by atoms with Gasteiger partial charge in [-0.3, -0.25) is 4.79 Å². The summed E-state index contributed by atoms with van der Waals surface area (Å²) in [7, 11) is 0. The van der Waals surface area contributed by atoms with Crippen LogP contribution in [0.3, 0.4) is 0 Å². The summed E-state index contributed by atoms with van der Waals surface area (Å²) in [5.74, 6) is 0.346. The first-order chi connectivity index (χ1) is 5.16. The van der Waals surface area contributed by atoms with Crippen molar-refractivity contribution in [2.45, 2.75) is 33.0 Å². The second-order valence-electron chi connectivity index (χ2n) is 2.63. The standard InChI is InChI=1S/C8H12O3/c1-3-4-6-5(2)7(9)8(10)11-6/h8,10H,3-4H2,1-2H3. The highest BCUT2D eigenvalue weighted by atomic mass is 16.6. The van der Waals surface area contributed by atoms with Crippen LogP contribution in [0.4, 0.5) is 0 Å². The molecule has 0 bridgehead atoms. The SMILES string of the molecule is CCCC1=C(C)C(=O)C(O)O1. The zero-order valence-electron chi connectivity index (χ0n) is 6.76. The van der Waals surface area contributed by atoms with E-state index in [1.807, 2.05) is 6.92 Å². The monoisotopic (exact) mass is 156 g/mol. The third kappa shape index (κ3) is 1.43. The average molecular weight is 156 g/mol. The van der Waals surface area contributed by atoms with Gasteiger partial charge in [-0.05, 0) is 13.3 Å². The first-order valence-electron chi connectivity index (χ1n) is 3.75. The highest BCUT2D eigenvalue weighted by Gasteiger charge is 2.29. The number of allylic oxidation sites excluding steroid dienone is 1. The van der Waals surface area contributed by atoms with E-state index in [0.717, 1.165) is 12.8 Å². The van der Waals surface area contributed by atoms with Crippen LogP contribution in [-0.4, -0.2) is 17.2 Å². The normalized spacial score (nSPS) is 24.3. The minimum atomic E-state index is -1.24. The molecule has 0 saturated carbocycles. The lowest BCUT2D eigenvalue weighted by molar-refractivity contribution is -0.138. The van der Waals surface area contributed by atoms with Gasteiger partial charge in [-0.15, -0.1) is 0 Å². The Kier molecular flexibility index (Phi) is 2.29. The molecule has 0 spiro atoms. The molecule has 1 unspecified atom stereocenters. The Bertz CT molecular complexity index is 205. The quantitative estimate of drug-likeness (QED) is 0.648. The van der Waals surface area contributed by atoms with Crippen LogP contribution >= 0.6 is 0 Å². The van der Waals surface area contributed by atoms with Crippen molar-refractivity contribution in [1.82, 2.24) is 0 Å². The summed E-state index contributed by atoms with van der Waals surface area (Å²) >= 11 is 0. The number of aliphatic hydroxyl groups is 1. The molecule has 1 heterocycles. The van der Waals surface area contributed by atoms with E-state index < -0.39 is 6.29 Å². The van der Waals surface area contributed by atoms with Gasteiger partial charge in [0, 0.05) is 12.0 Å². The number of Topliss-reactive ketones (excluding diaryl/α,β-unsaturated/α-hetero) is 1. The van der Waals surface area contributed by atoms with Crippen molar-refractivity contribution >= 4 is 5.78 Å². The predicted octanol–water partition coefficient (Wildman–Crippen LogP) is 0.978. The van der Waals surface area contributed by atoms with Gasteiger partial charge in [0.15, 0.2) is 0 Å². The molecule has 1 aliphatic rings. The van der Waals surface area contributed by atoms with Gasteiger partial charge in [0.1, 0.15) is 5.76 Å². The zero-order valence-corrected chi connectivity index (χ0v) is 6.76. The van der Waals surface area contributed by atoms with E-state index in [-0.39, 0.29) is 5.78 Å². The lowest BCUT2D eigenvalue weighted by Gasteiger charge is -2.03. The highest BCUT2D eigenvalue weighted by Crippen LogP contribution is 2.23. The molecule has 11 heavy (non-hydrogen) atoms. The molecule has 3 heteroatoms. The smallest absolute Gasteiger partial charge is 0.261 e. The summed E-state index contributed by atoms with van der Waals surface area (Å²) in [4.78, 5) is 11.0. The molecule has 0 aromatic heterocycles. The molecule has 0 saturated heterocycles. The molecule has 0 fully saturated rings. The van der Waals surface area contributed by atoms with Gasteiger partial charge in [-0.2, -0.15) is 0 Å². The Morgan fingerprint density at radius 3 is 2.64 bits per heavy atom. The Hall–Kier alpha value is -0.830. The summed E-state index contributed by atoms with van der Waals surface area (Å²) in [6, 6.07) is 0. The van der Waals surface area contributed by atoms with Gasteiger partial charge in [0.25, 0.3) is 6.29 Å². The number of carbonyl (C=O) groups excluding carboxylic acids is 1. The van der Waals surface area contributed by atoms with Crippen LogP contribution in [0, 0.1) is 0 Å². The van der Waals surface area contributed by atoms with Crippen LogP contribution in [0.5, 0.6) is 0 Å². The van der Waals surface area contributed by atoms with Gasteiger partial charge in [0.2, 0.25) is 5.78 Å². The van der Waals surface area contributed by atoms with Gasteiger partial charge in [0.05, 0.1) is 0 Å². The fraction of sp³-hybridized carbons (Fsp3) is 0.625. The highest BCUT2D eigenvalue weighted by molar-refractivity contribution is 5.99. The Morgan fingerprint density at radius 1 is 1.64 bits per heavy atom. The van der Waals surface area contributed by atoms with Crippen LogP contribution in [0.1, 0.15) is 26.7 Å². The third-order valence-corrected chi connectivity index (χ3v) is 1.74. The van der Waals surface area contributed by atoms with Crippen molar-refractivity contribution in [2.24, 2.45) is 0 Å². The molecule has 0 amide bonds. The molecule has 0 aromatic rings. The molecular formula is C8H12O3. The van der Waals surface area contributed by atoms with Gasteiger partial charge < -0.3 is 9.84 Å². The number of hydrogen-bond acceptors (Lipinski definition) is 3. The predicted molar refractivity (Wildman–Crippen MR) is 39.7 cm³/mol. The molecule has 3 nitrogen and oxygen atoms in total. The van der Waals surface area contributed by atoms with Crippen molar-refractivity contribution in [3.63, 3.8) is 0 Å². The first-order valence-corrected chi connectivity index (χ1v) is 3.75. The topological polar surface area (TPSA) is 46.5 Å². The maximum Gasteiger partial charge on any atom is 0.261 e. The average Bonchev–Trinajstić information content (AvgIpc) is 2.19. The molecule has 1 rings (SSSR count). The van der Waals surface area contributed by atoms with Gasteiger partial charge in [-0.1, -0.05) is 6.92 Å². The molecule has 1 atom stereocenters. The summed E-state index contributed by atoms with van der Waals surface area (Å²) in [6.45, 7) is 3.68. The number of hydrogen-bond donors (Lipinski definition) is 1. The van der Waals surface area contributed by atoms with Gasteiger partial charge in [-0.25, -0.2) is 0 Å². The molecule has 0 aliphatic carbocycles.